The van der Waals surface area contributed by atoms with Crippen LogP contribution in [0.15, 0.2) is 40.1 Å². The minimum absolute atomic E-state index is 0.0415. The van der Waals surface area contributed by atoms with Crippen LogP contribution in [-0.2, 0) is 15.7 Å². The lowest BCUT2D eigenvalue weighted by atomic mass is 10.0. The Kier molecular flexibility index (Phi) is 7.73. The van der Waals surface area contributed by atoms with E-state index in [9.17, 15) is 22.8 Å². The molecule has 2 atom stereocenters. The molecule has 4 rings (SSSR count). The predicted octanol–water partition coefficient (Wildman–Crippen LogP) is 2.07. The number of nitrogens with zero attached hydrogens (tertiary/aromatic N) is 5. The summed E-state index contributed by atoms with van der Waals surface area (Å²) in [7, 11) is 1.69. The first-order valence-corrected chi connectivity index (χ1v) is 12.2. The molecule has 0 radical (unpaired) electrons. The van der Waals surface area contributed by atoms with E-state index in [1.165, 1.54) is 6.20 Å². The van der Waals surface area contributed by atoms with Gasteiger partial charge in [0.05, 0.1) is 18.4 Å². The van der Waals surface area contributed by atoms with Gasteiger partial charge in [-0.3, -0.25) is 9.59 Å². The summed E-state index contributed by atoms with van der Waals surface area (Å²) in [5.74, 6) is 0.184. The number of likely N-dealkylation sites (N-methyl/N-ethyl adjacent to an activating group) is 1. The molecule has 1 amide bonds. The fraction of sp³-hybridized carbons (Fsp3) is 0.500. The maximum atomic E-state index is 13.3. The van der Waals surface area contributed by atoms with Crippen LogP contribution in [0.5, 0.6) is 5.75 Å². The van der Waals surface area contributed by atoms with Gasteiger partial charge in [-0.1, -0.05) is 0 Å². The number of H-pyrrole nitrogens is 1. The molecule has 0 bridgehead atoms. The molecule has 37 heavy (non-hydrogen) atoms. The summed E-state index contributed by atoms with van der Waals surface area (Å²) in [5.41, 5.74) is -2.67. The third-order valence-corrected chi connectivity index (χ3v) is 6.90. The second kappa shape index (κ2) is 10.7. The molecule has 1 saturated heterocycles. The molecule has 2 aromatic heterocycles. The number of halogens is 4. The van der Waals surface area contributed by atoms with Crippen molar-refractivity contribution >= 4 is 27.8 Å². The molecule has 0 spiro atoms. The number of amides is 1. The largest absolute Gasteiger partial charge is 0.485 e. The highest BCUT2D eigenvalue weighted by Crippen LogP contribution is 2.29. The molecule has 200 valence electrons. The Labute approximate surface area is 218 Å². The van der Waals surface area contributed by atoms with Crippen molar-refractivity contribution in [2.45, 2.75) is 43.8 Å². The molecule has 0 aliphatic carbocycles. The minimum Gasteiger partial charge on any atom is -0.485 e. The first kappa shape index (κ1) is 26.9. The van der Waals surface area contributed by atoms with Crippen LogP contribution in [0.3, 0.4) is 0 Å². The highest BCUT2D eigenvalue weighted by atomic mass is 79.9. The SMILES string of the molecule is CC(CO[C@]1(C(=O)N(C)C2CCN(c3ncc(C(F)(F)F)cn3)CC2)C=CN1)Oc1cn[nH]c(=O)c1Br. The Hall–Kier alpha value is -3.20. The average Bonchev–Trinajstić information content (AvgIpc) is 2.85. The molecular weight excluding hydrogens is 563 g/mol. The van der Waals surface area contributed by atoms with Gasteiger partial charge in [-0.05, 0) is 41.8 Å². The lowest BCUT2D eigenvalue weighted by Crippen LogP contribution is -2.63. The van der Waals surface area contributed by atoms with E-state index in [-0.39, 0.29) is 34.7 Å². The second-order valence-electron chi connectivity index (χ2n) is 8.73. The van der Waals surface area contributed by atoms with Gasteiger partial charge in [0.1, 0.15) is 10.6 Å². The average molecular weight is 588 g/mol. The number of carbonyl (C=O) groups is 1. The van der Waals surface area contributed by atoms with Gasteiger partial charge in [0.25, 0.3) is 11.5 Å². The van der Waals surface area contributed by atoms with Gasteiger partial charge in [-0.25, -0.2) is 15.1 Å². The van der Waals surface area contributed by atoms with E-state index in [2.05, 4.69) is 41.4 Å². The van der Waals surface area contributed by atoms with E-state index in [1.54, 1.807) is 36.0 Å². The smallest absolute Gasteiger partial charge is 0.419 e. The summed E-state index contributed by atoms with van der Waals surface area (Å²) in [6, 6.07) is -0.110. The van der Waals surface area contributed by atoms with Crippen LogP contribution < -0.4 is 20.5 Å². The normalized spacial score (nSPS) is 20.6. The van der Waals surface area contributed by atoms with Gasteiger partial charge < -0.3 is 24.6 Å². The van der Waals surface area contributed by atoms with Gasteiger partial charge in [-0.2, -0.15) is 18.3 Å². The van der Waals surface area contributed by atoms with E-state index in [0.717, 1.165) is 12.4 Å². The highest BCUT2D eigenvalue weighted by Gasteiger charge is 2.45. The minimum atomic E-state index is -4.49. The Morgan fingerprint density at radius 1 is 1.30 bits per heavy atom. The highest BCUT2D eigenvalue weighted by molar-refractivity contribution is 9.10. The van der Waals surface area contributed by atoms with Crippen LogP contribution in [0.4, 0.5) is 19.1 Å². The van der Waals surface area contributed by atoms with Gasteiger partial charge in [0.15, 0.2) is 5.75 Å². The van der Waals surface area contributed by atoms with Crippen molar-refractivity contribution in [1.29, 1.82) is 0 Å². The monoisotopic (exact) mass is 587 g/mol. The van der Waals surface area contributed by atoms with Gasteiger partial charge >= 0.3 is 6.18 Å². The van der Waals surface area contributed by atoms with Gasteiger partial charge in [-0.15, -0.1) is 0 Å². The van der Waals surface area contributed by atoms with E-state index in [4.69, 9.17) is 9.47 Å². The van der Waals surface area contributed by atoms with Crippen LogP contribution in [0.25, 0.3) is 0 Å². The summed E-state index contributed by atoms with van der Waals surface area (Å²) >= 11 is 3.15. The lowest BCUT2D eigenvalue weighted by Gasteiger charge is -2.43. The van der Waals surface area contributed by atoms with Crippen LogP contribution in [0.2, 0.25) is 0 Å². The molecule has 4 heterocycles. The van der Waals surface area contributed by atoms with Crippen molar-refractivity contribution < 1.29 is 27.4 Å². The maximum Gasteiger partial charge on any atom is 0.419 e. The summed E-state index contributed by atoms with van der Waals surface area (Å²) in [5, 5.41) is 8.91. The zero-order chi connectivity index (χ0) is 26.8. The van der Waals surface area contributed by atoms with Gasteiger partial charge in [0.2, 0.25) is 11.7 Å². The first-order chi connectivity index (χ1) is 17.5. The van der Waals surface area contributed by atoms with Crippen molar-refractivity contribution in [1.82, 2.24) is 30.4 Å². The molecule has 15 heteroatoms. The van der Waals surface area contributed by atoms with Crippen LogP contribution in [-0.4, -0.2) is 75.6 Å². The molecule has 1 unspecified atom stereocenters. The third kappa shape index (κ3) is 5.87. The van der Waals surface area contributed by atoms with Crippen LogP contribution in [0.1, 0.15) is 25.3 Å². The van der Waals surface area contributed by atoms with Gasteiger partial charge in [0, 0.05) is 44.8 Å². The van der Waals surface area contributed by atoms with E-state index in [0.29, 0.717) is 25.9 Å². The Bertz CT molecular complexity index is 1200. The quantitative estimate of drug-likeness (QED) is 0.477. The molecule has 1 fully saturated rings. The molecule has 2 N–H and O–H groups in total. The fourth-order valence-electron chi connectivity index (χ4n) is 3.98. The first-order valence-electron chi connectivity index (χ1n) is 11.4. The summed E-state index contributed by atoms with van der Waals surface area (Å²) in [6.45, 7) is 2.74. The van der Waals surface area contributed by atoms with Crippen molar-refractivity contribution in [3.05, 3.63) is 51.3 Å². The number of ether oxygens (including phenoxy) is 2. The number of carbonyl (C=O) groups excluding carboxylic acids is 1. The number of hydrogen-bond acceptors (Lipinski definition) is 9. The molecule has 11 nitrogen and oxygen atoms in total. The Morgan fingerprint density at radius 3 is 2.51 bits per heavy atom. The standard InChI is InChI=1S/C22H25BrF3N7O4/c1-13(37-16-11-30-31-18(34)17(16)23)12-36-21(5-6-29-21)19(35)32(2)15-3-7-33(8-4-15)20-27-9-14(10-28-20)22(24,25)26/h5-6,9-11,13,15,29H,3-4,7-8,12H2,1-2H3,(H,31,34)/t13?,21-/m0/s1. The Morgan fingerprint density at radius 2 is 1.95 bits per heavy atom. The van der Waals surface area contributed by atoms with Crippen LogP contribution >= 0.6 is 15.9 Å². The number of aromatic amines is 1. The molecule has 0 aromatic carbocycles. The lowest BCUT2D eigenvalue weighted by molar-refractivity contribution is -0.161. The summed E-state index contributed by atoms with van der Waals surface area (Å²) < 4.78 is 50.1. The molecule has 2 aliphatic rings. The number of hydrogen-bond donors (Lipinski definition) is 2. The summed E-state index contributed by atoms with van der Waals surface area (Å²) in [6.07, 6.45) is 2.30. The predicted molar refractivity (Wildman–Crippen MR) is 129 cm³/mol. The number of aromatic nitrogens is 4. The number of nitrogens with one attached hydrogen (secondary N) is 2. The number of rotatable bonds is 8. The molecule has 0 saturated carbocycles. The molecular formula is C22H25BrF3N7O4. The van der Waals surface area contributed by atoms with Crippen molar-refractivity contribution in [2.24, 2.45) is 0 Å². The van der Waals surface area contributed by atoms with Crippen molar-refractivity contribution in [2.75, 3.05) is 31.6 Å². The third-order valence-electron chi connectivity index (χ3n) is 6.15. The van der Waals surface area contributed by atoms with E-state index in [1.807, 2.05) is 0 Å². The van der Waals surface area contributed by atoms with E-state index >= 15 is 0 Å². The molecule has 2 aliphatic heterocycles. The number of anilines is 1. The zero-order valence-electron chi connectivity index (χ0n) is 20.0. The Balaban J connectivity index is 1.31. The van der Waals surface area contributed by atoms with Crippen molar-refractivity contribution in [3.8, 4) is 5.75 Å². The zero-order valence-corrected chi connectivity index (χ0v) is 21.5. The second-order valence-corrected chi connectivity index (χ2v) is 9.53. The molecule has 2 aromatic rings. The van der Waals surface area contributed by atoms with E-state index < -0.39 is 29.1 Å². The topological polar surface area (TPSA) is 126 Å². The maximum absolute atomic E-state index is 13.3. The van der Waals surface area contributed by atoms with Crippen LogP contribution in [0, 0.1) is 0 Å². The van der Waals surface area contributed by atoms with Crippen molar-refractivity contribution in [3.63, 3.8) is 0 Å². The summed E-state index contributed by atoms with van der Waals surface area (Å²) in [4.78, 5) is 36.1. The number of alkyl halides is 3. The number of piperidine rings is 1. The fourth-order valence-corrected chi connectivity index (χ4v) is 4.26.